The van der Waals surface area contributed by atoms with Crippen LogP contribution in [0.25, 0.3) is 0 Å². The van der Waals surface area contributed by atoms with Gasteiger partial charge < -0.3 is 19.9 Å². The first-order valence-corrected chi connectivity index (χ1v) is 8.02. The number of hydrogen-bond donors (Lipinski definition) is 2. The van der Waals surface area contributed by atoms with E-state index in [1.165, 1.54) is 0 Å². The zero-order valence-corrected chi connectivity index (χ0v) is 14.6. The van der Waals surface area contributed by atoms with E-state index in [-0.39, 0.29) is 6.42 Å². The second-order valence-corrected chi connectivity index (χ2v) is 6.76. The highest BCUT2D eigenvalue weighted by Gasteiger charge is 2.45. The lowest BCUT2D eigenvalue weighted by Crippen LogP contribution is -2.51. The van der Waals surface area contributed by atoms with Crippen LogP contribution in [0.3, 0.4) is 0 Å². The molecule has 0 saturated heterocycles. The van der Waals surface area contributed by atoms with Crippen molar-refractivity contribution in [1.82, 2.24) is 5.32 Å². The van der Waals surface area contributed by atoms with Crippen LogP contribution >= 0.6 is 0 Å². The number of nitrogens with one attached hydrogen (secondary N) is 1. The Balaban J connectivity index is 2.21. The summed E-state index contributed by atoms with van der Waals surface area (Å²) in [5.74, 6) is -4.19. The Morgan fingerprint density at radius 1 is 1.12 bits per heavy atom. The van der Waals surface area contributed by atoms with Gasteiger partial charge in [-0.1, -0.05) is 42.5 Å². The van der Waals surface area contributed by atoms with Crippen LogP contribution < -0.4 is 5.32 Å². The Kier molecular flexibility index (Phi) is 5.64. The molecule has 2 rings (SSSR count). The predicted octanol–water partition coefficient (Wildman–Crippen LogP) is 1.84. The topological polar surface area (TPSA) is 84.9 Å². The zero-order chi connectivity index (χ0) is 18.5. The van der Waals surface area contributed by atoms with Gasteiger partial charge in [0, 0.05) is 6.42 Å². The minimum atomic E-state index is -2.41. The molecule has 134 valence electrons. The van der Waals surface area contributed by atoms with Gasteiger partial charge in [0.05, 0.1) is 0 Å². The van der Waals surface area contributed by atoms with Crippen LogP contribution in [0, 0.1) is 0 Å². The van der Waals surface area contributed by atoms with Gasteiger partial charge >= 0.3 is 17.7 Å². The molecule has 1 aliphatic rings. The SMILES string of the molecule is CC(C)(C)OC(=O)[C@@](O)(Cc1ccccc1)OC(=O)[C@H]1C=CC=CN1. The molecule has 6 heteroatoms. The van der Waals surface area contributed by atoms with E-state index in [2.05, 4.69) is 5.32 Å². The van der Waals surface area contributed by atoms with Crippen LogP contribution in [0.15, 0.2) is 54.8 Å². The van der Waals surface area contributed by atoms with Crippen LogP contribution in [-0.2, 0) is 25.5 Å². The number of rotatable bonds is 5. The van der Waals surface area contributed by atoms with Crippen molar-refractivity contribution >= 4 is 11.9 Å². The number of carbonyl (C=O) groups is 2. The standard InChI is InChI=1S/C19H23NO5/c1-18(2,3)25-17(22)19(23,13-14-9-5-4-6-10-14)24-16(21)15-11-7-8-12-20-15/h4-12,15,20,23H,13H2,1-3H3/t15-,19-/m1/s1. The van der Waals surface area contributed by atoms with Gasteiger partial charge in [-0.05, 0) is 38.6 Å². The van der Waals surface area contributed by atoms with Crippen LogP contribution in [0.2, 0.25) is 0 Å². The number of carbonyl (C=O) groups excluding carboxylic acids is 2. The lowest BCUT2D eigenvalue weighted by atomic mass is 10.0. The van der Waals surface area contributed by atoms with Gasteiger partial charge in [0.1, 0.15) is 11.6 Å². The number of esters is 2. The van der Waals surface area contributed by atoms with Crippen LogP contribution in [0.4, 0.5) is 0 Å². The highest BCUT2D eigenvalue weighted by molar-refractivity contribution is 5.85. The van der Waals surface area contributed by atoms with E-state index in [0.717, 1.165) is 0 Å². The maximum absolute atomic E-state index is 12.5. The monoisotopic (exact) mass is 345 g/mol. The minimum Gasteiger partial charge on any atom is -0.455 e. The molecular formula is C19H23NO5. The van der Waals surface area contributed by atoms with Crippen molar-refractivity contribution in [3.63, 3.8) is 0 Å². The van der Waals surface area contributed by atoms with Gasteiger partial charge in [0.2, 0.25) is 0 Å². The molecule has 1 heterocycles. The lowest BCUT2D eigenvalue weighted by Gasteiger charge is -2.31. The quantitative estimate of drug-likeness (QED) is 0.626. The van der Waals surface area contributed by atoms with Gasteiger partial charge in [-0.3, -0.25) is 0 Å². The largest absolute Gasteiger partial charge is 0.455 e. The molecule has 0 radical (unpaired) electrons. The third-order valence-corrected chi connectivity index (χ3v) is 3.31. The van der Waals surface area contributed by atoms with E-state index in [1.54, 1.807) is 69.5 Å². The summed E-state index contributed by atoms with van der Waals surface area (Å²) in [6.07, 6.45) is 6.33. The van der Waals surface area contributed by atoms with Crippen molar-refractivity contribution in [2.75, 3.05) is 0 Å². The summed E-state index contributed by atoms with van der Waals surface area (Å²) in [6.45, 7) is 5.02. The third-order valence-electron chi connectivity index (χ3n) is 3.31. The lowest BCUT2D eigenvalue weighted by molar-refractivity contribution is -0.234. The van der Waals surface area contributed by atoms with Gasteiger partial charge in [0.15, 0.2) is 0 Å². The molecule has 1 aromatic rings. The normalized spacial score (nSPS) is 18.8. The molecule has 25 heavy (non-hydrogen) atoms. The highest BCUT2D eigenvalue weighted by atomic mass is 16.7. The van der Waals surface area contributed by atoms with E-state index in [0.29, 0.717) is 5.56 Å². The van der Waals surface area contributed by atoms with E-state index < -0.39 is 29.4 Å². The summed E-state index contributed by atoms with van der Waals surface area (Å²) in [5.41, 5.74) is -0.199. The first kappa shape index (κ1) is 18.7. The molecule has 0 saturated carbocycles. The average Bonchev–Trinajstić information content (AvgIpc) is 2.55. The summed E-state index contributed by atoms with van der Waals surface area (Å²) in [6, 6.07) is 8.02. The second kappa shape index (κ2) is 7.53. The smallest absolute Gasteiger partial charge is 0.380 e. The Labute approximate surface area is 147 Å². The third kappa shape index (κ3) is 5.46. The Hall–Kier alpha value is -2.60. The molecule has 0 bridgehead atoms. The molecule has 1 aromatic carbocycles. The Morgan fingerprint density at radius 2 is 1.80 bits per heavy atom. The number of dihydropyridines is 1. The first-order chi connectivity index (χ1) is 11.7. The number of ether oxygens (including phenoxy) is 2. The maximum atomic E-state index is 12.5. The first-order valence-electron chi connectivity index (χ1n) is 8.02. The maximum Gasteiger partial charge on any atom is 0.380 e. The predicted molar refractivity (Wildman–Crippen MR) is 92.2 cm³/mol. The van der Waals surface area contributed by atoms with E-state index in [1.807, 2.05) is 6.07 Å². The fourth-order valence-electron chi connectivity index (χ4n) is 2.20. The van der Waals surface area contributed by atoms with Crippen molar-refractivity contribution in [2.45, 2.75) is 44.6 Å². The van der Waals surface area contributed by atoms with Crippen molar-refractivity contribution < 1.29 is 24.2 Å². The number of allylic oxidation sites excluding steroid dienone is 2. The second-order valence-electron chi connectivity index (χ2n) is 6.76. The van der Waals surface area contributed by atoms with Gasteiger partial charge in [-0.15, -0.1) is 0 Å². The zero-order valence-electron chi connectivity index (χ0n) is 14.6. The van der Waals surface area contributed by atoms with Crippen LogP contribution in [0.5, 0.6) is 0 Å². The van der Waals surface area contributed by atoms with E-state index in [4.69, 9.17) is 9.47 Å². The van der Waals surface area contributed by atoms with Crippen molar-refractivity contribution in [2.24, 2.45) is 0 Å². The van der Waals surface area contributed by atoms with Gasteiger partial charge in [-0.2, -0.15) is 0 Å². The summed E-state index contributed by atoms with van der Waals surface area (Å²) in [4.78, 5) is 24.8. The molecule has 6 nitrogen and oxygen atoms in total. The molecule has 0 aliphatic carbocycles. The Morgan fingerprint density at radius 3 is 2.36 bits per heavy atom. The van der Waals surface area contributed by atoms with Crippen molar-refractivity contribution in [3.05, 3.63) is 60.3 Å². The fraction of sp³-hybridized carbons (Fsp3) is 0.368. The van der Waals surface area contributed by atoms with E-state index >= 15 is 0 Å². The summed E-state index contributed by atoms with van der Waals surface area (Å²) in [7, 11) is 0. The number of hydrogen-bond acceptors (Lipinski definition) is 6. The van der Waals surface area contributed by atoms with E-state index in [9.17, 15) is 14.7 Å². The molecule has 2 N–H and O–H groups in total. The molecular weight excluding hydrogens is 322 g/mol. The molecule has 1 aliphatic heterocycles. The molecule has 0 amide bonds. The van der Waals surface area contributed by atoms with Gasteiger partial charge in [-0.25, -0.2) is 9.59 Å². The van der Waals surface area contributed by atoms with Crippen LogP contribution in [-0.4, -0.2) is 34.5 Å². The summed E-state index contributed by atoms with van der Waals surface area (Å²) in [5, 5.41) is 13.6. The molecule has 0 fully saturated rings. The minimum absolute atomic E-state index is 0.208. The molecule has 0 aromatic heterocycles. The summed E-state index contributed by atoms with van der Waals surface area (Å²) >= 11 is 0. The number of benzene rings is 1. The highest BCUT2D eigenvalue weighted by Crippen LogP contribution is 2.22. The molecule has 0 unspecified atom stereocenters. The number of aliphatic hydroxyl groups is 1. The molecule has 0 spiro atoms. The van der Waals surface area contributed by atoms with Crippen LogP contribution in [0.1, 0.15) is 26.3 Å². The summed E-state index contributed by atoms with van der Waals surface area (Å²) < 4.78 is 10.4. The Bertz CT molecular complexity index is 675. The average molecular weight is 345 g/mol. The van der Waals surface area contributed by atoms with Gasteiger partial charge in [0.25, 0.3) is 0 Å². The van der Waals surface area contributed by atoms with Crippen molar-refractivity contribution in [1.29, 1.82) is 0 Å². The van der Waals surface area contributed by atoms with Crippen molar-refractivity contribution in [3.8, 4) is 0 Å². The fourth-order valence-corrected chi connectivity index (χ4v) is 2.20. The molecule has 2 atom stereocenters.